The second-order valence-corrected chi connectivity index (χ2v) is 9.98. The molecule has 0 radical (unpaired) electrons. The molecule has 2 saturated heterocycles. The van der Waals surface area contributed by atoms with Gasteiger partial charge < -0.3 is 19.6 Å². The maximum absolute atomic E-state index is 14.1. The fourth-order valence-corrected chi connectivity index (χ4v) is 5.84. The Labute approximate surface area is 216 Å². The van der Waals surface area contributed by atoms with E-state index < -0.39 is 0 Å². The van der Waals surface area contributed by atoms with Gasteiger partial charge in [-0.25, -0.2) is 4.39 Å². The van der Waals surface area contributed by atoms with Crippen LogP contribution < -0.4 is 9.80 Å². The Morgan fingerprint density at radius 3 is 2.46 bits per heavy atom. The number of hydrogen-bond acceptors (Lipinski definition) is 8. The monoisotopic (exact) mass is 504 g/mol. The van der Waals surface area contributed by atoms with Gasteiger partial charge in [-0.15, -0.1) is 0 Å². The Hall–Kier alpha value is -3.14. The Morgan fingerprint density at radius 2 is 1.68 bits per heavy atom. The molecule has 3 aliphatic heterocycles. The van der Waals surface area contributed by atoms with E-state index in [4.69, 9.17) is 19.7 Å². The largest absolute Gasteiger partial charge is 0.394 e. The number of halogens is 1. The molecule has 194 valence electrons. The molecule has 3 aromatic rings. The first kappa shape index (κ1) is 24.2. The average Bonchev–Trinajstić information content (AvgIpc) is 2.97. The van der Waals surface area contributed by atoms with Gasteiger partial charge in [0.1, 0.15) is 5.82 Å². The molecule has 3 aliphatic rings. The predicted octanol–water partition coefficient (Wildman–Crippen LogP) is 3.07. The van der Waals surface area contributed by atoms with Crippen molar-refractivity contribution in [2.75, 3.05) is 62.3 Å². The van der Waals surface area contributed by atoms with E-state index in [9.17, 15) is 9.50 Å². The Balaban J connectivity index is 1.32. The Bertz CT molecular complexity index is 1230. The number of aliphatic hydroxyl groups excluding tert-OH is 1. The zero-order valence-corrected chi connectivity index (χ0v) is 21.0. The van der Waals surface area contributed by atoms with E-state index in [1.54, 1.807) is 6.07 Å². The van der Waals surface area contributed by atoms with Crippen molar-refractivity contribution in [3.63, 3.8) is 0 Å². The molecule has 1 atom stereocenters. The van der Waals surface area contributed by atoms with Gasteiger partial charge in [0.2, 0.25) is 11.9 Å². The molecule has 37 heavy (non-hydrogen) atoms. The molecule has 1 N–H and O–H groups in total. The lowest BCUT2D eigenvalue weighted by atomic mass is 9.93. The molecule has 4 heterocycles. The molecule has 2 aromatic carbocycles. The summed E-state index contributed by atoms with van der Waals surface area (Å²) in [5.41, 5.74) is 2.95. The lowest BCUT2D eigenvalue weighted by Crippen LogP contribution is -2.49. The van der Waals surface area contributed by atoms with Crippen LogP contribution in [0.4, 0.5) is 16.3 Å². The first-order valence-electron chi connectivity index (χ1n) is 13.2. The first-order chi connectivity index (χ1) is 18.2. The highest BCUT2D eigenvalue weighted by Gasteiger charge is 2.31. The van der Waals surface area contributed by atoms with Gasteiger partial charge in [-0.2, -0.15) is 15.0 Å². The summed E-state index contributed by atoms with van der Waals surface area (Å²) in [6.45, 7) is 5.93. The van der Waals surface area contributed by atoms with Gasteiger partial charge in [-0.05, 0) is 42.5 Å². The molecule has 8 nitrogen and oxygen atoms in total. The Morgan fingerprint density at radius 1 is 0.892 bits per heavy atom. The molecule has 0 bridgehead atoms. The van der Waals surface area contributed by atoms with Gasteiger partial charge in [0, 0.05) is 44.3 Å². The molecular formula is C28H33FN6O2. The zero-order chi connectivity index (χ0) is 25.2. The fourth-order valence-electron chi connectivity index (χ4n) is 5.84. The molecule has 9 heteroatoms. The van der Waals surface area contributed by atoms with Gasteiger partial charge in [-0.1, -0.05) is 36.4 Å². The van der Waals surface area contributed by atoms with Crippen molar-refractivity contribution in [3.8, 4) is 11.4 Å². The Kier molecular flexibility index (Phi) is 6.99. The number of benzene rings is 2. The number of anilines is 2. The minimum Gasteiger partial charge on any atom is -0.394 e. The number of fused-ring (bicyclic) bond motifs is 1. The standard InChI is InChI=1S/C28H33FN6O2/c29-22-6-3-5-21(18-22)26-30-27(34-11-9-23(10-12-34)33-14-16-37-17-15-33)32-28(31-26)35-13-8-20-4-1-2-7-24(20)25(35)19-36/h1-7,18,23,25,36H,8-17,19H2/t25-/m0/s1. The summed E-state index contributed by atoms with van der Waals surface area (Å²) in [4.78, 5) is 21.4. The summed E-state index contributed by atoms with van der Waals surface area (Å²) in [5.74, 6) is 1.26. The summed E-state index contributed by atoms with van der Waals surface area (Å²) in [7, 11) is 0. The van der Waals surface area contributed by atoms with Crippen molar-refractivity contribution >= 4 is 11.9 Å². The SMILES string of the molecule is OC[C@H]1c2ccccc2CCN1c1nc(-c2cccc(F)c2)nc(N2CCC(N3CCOCC3)CC2)n1. The smallest absolute Gasteiger partial charge is 0.231 e. The minimum atomic E-state index is -0.326. The van der Waals surface area contributed by atoms with Crippen LogP contribution in [0.1, 0.15) is 30.0 Å². The van der Waals surface area contributed by atoms with Crippen molar-refractivity contribution in [2.45, 2.75) is 31.3 Å². The number of hydrogen-bond donors (Lipinski definition) is 1. The van der Waals surface area contributed by atoms with E-state index in [2.05, 4.69) is 26.8 Å². The van der Waals surface area contributed by atoms with Crippen molar-refractivity contribution in [1.29, 1.82) is 0 Å². The number of nitrogens with zero attached hydrogens (tertiary/aromatic N) is 6. The molecule has 1 aromatic heterocycles. The van der Waals surface area contributed by atoms with E-state index in [1.807, 2.05) is 18.2 Å². The van der Waals surface area contributed by atoms with Crippen molar-refractivity contribution in [2.24, 2.45) is 0 Å². The maximum atomic E-state index is 14.1. The second-order valence-electron chi connectivity index (χ2n) is 9.98. The van der Waals surface area contributed by atoms with Crippen molar-refractivity contribution < 1.29 is 14.2 Å². The van der Waals surface area contributed by atoms with E-state index in [0.29, 0.717) is 35.9 Å². The summed E-state index contributed by atoms with van der Waals surface area (Å²) in [6.07, 6.45) is 2.91. The quantitative estimate of drug-likeness (QED) is 0.568. The third-order valence-corrected chi connectivity index (χ3v) is 7.85. The van der Waals surface area contributed by atoms with E-state index >= 15 is 0 Å². The third kappa shape index (κ3) is 5.03. The van der Waals surface area contributed by atoms with Crippen LogP contribution in [-0.2, 0) is 11.2 Å². The highest BCUT2D eigenvalue weighted by molar-refractivity contribution is 5.59. The van der Waals surface area contributed by atoms with Crippen LogP contribution >= 0.6 is 0 Å². The van der Waals surface area contributed by atoms with Gasteiger partial charge in [-0.3, -0.25) is 4.90 Å². The third-order valence-electron chi connectivity index (χ3n) is 7.85. The van der Waals surface area contributed by atoms with Crippen molar-refractivity contribution in [3.05, 3.63) is 65.5 Å². The number of rotatable bonds is 5. The topological polar surface area (TPSA) is 77.9 Å². The van der Waals surface area contributed by atoms with Crippen LogP contribution in [0.25, 0.3) is 11.4 Å². The summed E-state index contributed by atoms with van der Waals surface area (Å²) < 4.78 is 19.7. The molecule has 6 rings (SSSR count). The fraction of sp³-hybridized carbons (Fsp3) is 0.464. The summed E-state index contributed by atoms with van der Waals surface area (Å²) in [6, 6.07) is 14.9. The summed E-state index contributed by atoms with van der Waals surface area (Å²) >= 11 is 0. The number of aromatic nitrogens is 3. The van der Waals surface area contributed by atoms with Crippen LogP contribution in [0.2, 0.25) is 0 Å². The molecule has 0 spiro atoms. The van der Waals surface area contributed by atoms with Gasteiger partial charge in [0.25, 0.3) is 0 Å². The molecule has 0 unspecified atom stereocenters. The molecule has 2 fully saturated rings. The minimum absolute atomic E-state index is 0.0434. The lowest BCUT2D eigenvalue weighted by molar-refractivity contribution is 0.0114. The van der Waals surface area contributed by atoms with Gasteiger partial charge in [0.05, 0.1) is 25.9 Å². The number of piperidine rings is 1. The summed E-state index contributed by atoms with van der Waals surface area (Å²) in [5, 5.41) is 10.4. The number of ether oxygens (including phenoxy) is 1. The molecular weight excluding hydrogens is 471 g/mol. The number of morpholine rings is 1. The molecule has 0 saturated carbocycles. The van der Waals surface area contributed by atoms with Crippen molar-refractivity contribution in [1.82, 2.24) is 19.9 Å². The molecule has 0 aliphatic carbocycles. The first-order valence-corrected chi connectivity index (χ1v) is 13.2. The average molecular weight is 505 g/mol. The highest BCUT2D eigenvalue weighted by atomic mass is 19.1. The van der Waals surface area contributed by atoms with Gasteiger partial charge in [0.15, 0.2) is 5.82 Å². The highest BCUT2D eigenvalue weighted by Crippen LogP contribution is 2.34. The van der Waals surface area contributed by atoms with Gasteiger partial charge >= 0.3 is 0 Å². The van der Waals surface area contributed by atoms with Crippen LogP contribution in [0, 0.1) is 5.82 Å². The zero-order valence-electron chi connectivity index (χ0n) is 21.0. The van der Waals surface area contributed by atoms with Crippen LogP contribution in [0.3, 0.4) is 0 Å². The van der Waals surface area contributed by atoms with Crippen LogP contribution in [0.15, 0.2) is 48.5 Å². The van der Waals surface area contributed by atoms with Crippen LogP contribution in [0.5, 0.6) is 0 Å². The lowest BCUT2D eigenvalue weighted by Gasteiger charge is -2.40. The predicted molar refractivity (Wildman–Crippen MR) is 140 cm³/mol. The normalized spacial score (nSPS) is 21.2. The van der Waals surface area contributed by atoms with E-state index in [1.165, 1.54) is 17.7 Å². The molecule has 0 amide bonds. The maximum Gasteiger partial charge on any atom is 0.231 e. The second kappa shape index (κ2) is 10.7. The van der Waals surface area contributed by atoms with Crippen LogP contribution in [-0.4, -0.2) is 83.5 Å². The number of aliphatic hydroxyl groups is 1. The van der Waals surface area contributed by atoms with E-state index in [0.717, 1.165) is 64.2 Å². The van der Waals surface area contributed by atoms with E-state index in [-0.39, 0.29) is 18.5 Å².